The monoisotopic (exact) mass is 313 g/mol. The Labute approximate surface area is 135 Å². The van der Waals surface area contributed by atoms with Gasteiger partial charge in [-0.25, -0.2) is 0 Å². The fraction of sp³-hybridized carbons (Fsp3) is 0.294. The molecule has 120 valence electrons. The Morgan fingerprint density at radius 1 is 1.35 bits per heavy atom. The van der Waals surface area contributed by atoms with E-state index in [4.69, 9.17) is 9.47 Å². The molecule has 1 aromatic heterocycles. The first-order valence-electron chi connectivity index (χ1n) is 7.48. The molecule has 1 fully saturated rings. The summed E-state index contributed by atoms with van der Waals surface area (Å²) >= 11 is 0. The van der Waals surface area contributed by atoms with Crippen LogP contribution in [-0.4, -0.2) is 48.8 Å². The Morgan fingerprint density at radius 2 is 2.17 bits per heavy atom. The molecule has 2 aromatic rings. The lowest BCUT2D eigenvalue weighted by molar-refractivity contribution is -0.00815. The van der Waals surface area contributed by atoms with Gasteiger partial charge in [-0.15, -0.1) is 0 Å². The van der Waals surface area contributed by atoms with Gasteiger partial charge in [0.2, 0.25) is 0 Å². The number of methoxy groups -OCH3 is 1. The van der Waals surface area contributed by atoms with Crippen LogP contribution in [0.1, 0.15) is 10.4 Å². The van der Waals surface area contributed by atoms with Crippen LogP contribution in [-0.2, 0) is 4.74 Å². The maximum absolute atomic E-state index is 12.5. The summed E-state index contributed by atoms with van der Waals surface area (Å²) in [6.07, 6.45) is 3.01. The molecule has 1 saturated heterocycles. The minimum Gasteiger partial charge on any atom is -0.497 e. The van der Waals surface area contributed by atoms with Crippen LogP contribution in [0.5, 0.6) is 5.75 Å². The Hall–Kier alpha value is -2.60. The quantitative estimate of drug-likeness (QED) is 0.935. The Bertz CT molecular complexity index is 646. The minimum atomic E-state index is -0.238. The number of nitrogens with one attached hydrogen (secondary N) is 1. The number of carbonyl (C=O) groups excluding carboxylic acids is 1. The van der Waals surface area contributed by atoms with Crippen molar-refractivity contribution >= 4 is 11.6 Å². The van der Waals surface area contributed by atoms with Crippen LogP contribution < -0.4 is 10.1 Å². The summed E-state index contributed by atoms with van der Waals surface area (Å²) in [6.45, 7) is 1.56. The molecule has 1 N–H and O–H groups in total. The van der Waals surface area contributed by atoms with E-state index in [0.717, 1.165) is 11.4 Å². The predicted molar refractivity (Wildman–Crippen MR) is 86.5 cm³/mol. The Morgan fingerprint density at radius 3 is 2.87 bits per heavy atom. The van der Waals surface area contributed by atoms with E-state index < -0.39 is 0 Å². The third-order valence-electron chi connectivity index (χ3n) is 3.68. The number of morpholine rings is 1. The molecular weight excluding hydrogens is 294 g/mol. The molecule has 1 atom stereocenters. The van der Waals surface area contributed by atoms with Crippen LogP contribution in [0.15, 0.2) is 48.8 Å². The molecule has 2 heterocycles. The summed E-state index contributed by atoms with van der Waals surface area (Å²) in [5.74, 6) is 0.774. The summed E-state index contributed by atoms with van der Waals surface area (Å²) in [5, 5.41) is 3.28. The number of rotatable bonds is 4. The molecule has 1 aromatic carbocycles. The lowest BCUT2D eigenvalue weighted by atomic mass is 10.2. The number of ether oxygens (including phenoxy) is 2. The van der Waals surface area contributed by atoms with Gasteiger partial charge in [-0.2, -0.15) is 0 Å². The topological polar surface area (TPSA) is 63.7 Å². The van der Waals surface area contributed by atoms with Gasteiger partial charge in [0, 0.05) is 24.6 Å². The third-order valence-corrected chi connectivity index (χ3v) is 3.68. The number of hydrogen-bond acceptors (Lipinski definition) is 5. The van der Waals surface area contributed by atoms with E-state index in [1.807, 2.05) is 24.3 Å². The predicted octanol–water partition coefficient (Wildman–Crippen LogP) is 2.00. The molecule has 0 bridgehead atoms. The highest BCUT2D eigenvalue weighted by atomic mass is 16.5. The maximum atomic E-state index is 12.5. The van der Waals surface area contributed by atoms with Crippen molar-refractivity contribution in [3.05, 3.63) is 54.4 Å². The SMILES string of the molecule is COc1ccc(NC2CN(C(=O)c3cccnc3)CCO2)cc1. The molecular formula is C17H19N3O3. The molecule has 0 aliphatic carbocycles. The maximum Gasteiger partial charge on any atom is 0.255 e. The highest BCUT2D eigenvalue weighted by Gasteiger charge is 2.25. The number of nitrogens with zero attached hydrogens (tertiary/aromatic N) is 2. The van der Waals surface area contributed by atoms with E-state index >= 15 is 0 Å². The molecule has 23 heavy (non-hydrogen) atoms. The van der Waals surface area contributed by atoms with Gasteiger partial charge >= 0.3 is 0 Å². The van der Waals surface area contributed by atoms with E-state index in [1.165, 1.54) is 0 Å². The van der Waals surface area contributed by atoms with Crippen molar-refractivity contribution in [1.29, 1.82) is 0 Å². The van der Waals surface area contributed by atoms with E-state index in [-0.39, 0.29) is 12.1 Å². The van der Waals surface area contributed by atoms with E-state index in [1.54, 1.807) is 36.5 Å². The first kappa shape index (κ1) is 15.3. The summed E-state index contributed by atoms with van der Waals surface area (Å²) in [6, 6.07) is 11.1. The van der Waals surface area contributed by atoms with Crippen molar-refractivity contribution in [3.8, 4) is 5.75 Å². The van der Waals surface area contributed by atoms with Gasteiger partial charge < -0.3 is 19.7 Å². The average Bonchev–Trinajstić information content (AvgIpc) is 2.63. The minimum absolute atomic E-state index is 0.0251. The van der Waals surface area contributed by atoms with Crippen LogP contribution in [0, 0.1) is 0 Å². The zero-order valence-electron chi connectivity index (χ0n) is 12.9. The number of benzene rings is 1. The zero-order valence-corrected chi connectivity index (χ0v) is 12.9. The van der Waals surface area contributed by atoms with Crippen LogP contribution in [0.25, 0.3) is 0 Å². The van der Waals surface area contributed by atoms with Gasteiger partial charge in [-0.05, 0) is 36.4 Å². The van der Waals surface area contributed by atoms with Crippen molar-refractivity contribution < 1.29 is 14.3 Å². The molecule has 1 aliphatic heterocycles. The lowest BCUT2D eigenvalue weighted by Crippen LogP contribution is -2.48. The zero-order chi connectivity index (χ0) is 16.1. The normalized spacial score (nSPS) is 17.6. The molecule has 3 rings (SSSR count). The van der Waals surface area contributed by atoms with Crippen molar-refractivity contribution in [1.82, 2.24) is 9.88 Å². The highest BCUT2D eigenvalue weighted by molar-refractivity contribution is 5.93. The Balaban J connectivity index is 1.62. The second-order valence-electron chi connectivity index (χ2n) is 5.23. The summed E-state index contributed by atoms with van der Waals surface area (Å²) < 4.78 is 10.8. The fourth-order valence-corrected chi connectivity index (χ4v) is 2.47. The molecule has 0 spiro atoms. The number of amides is 1. The van der Waals surface area contributed by atoms with E-state index in [0.29, 0.717) is 25.3 Å². The van der Waals surface area contributed by atoms with Crippen molar-refractivity contribution in [2.45, 2.75) is 6.23 Å². The summed E-state index contributed by atoms with van der Waals surface area (Å²) in [5.41, 5.74) is 1.52. The molecule has 1 unspecified atom stereocenters. The molecule has 1 aliphatic rings. The lowest BCUT2D eigenvalue weighted by Gasteiger charge is -2.33. The van der Waals surface area contributed by atoms with Crippen LogP contribution in [0.2, 0.25) is 0 Å². The van der Waals surface area contributed by atoms with Gasteiger partial charge in [0.25, 0.3) is 5.91 Å². The first-order chi connectivity index (χ1) is 11.3. The average molecular weight is 313 g/mol. The fourth-order valence-electron chi connectivity index (χ4n) is 2.47. The van der Waals surface area contributed by atoms with Crippen molar-refractivity contribution in [3.63, 3.8) is 0 Å². The Kier molecular flexibility index (Phi) is 4.73. The van der Waals surface area contributed by atoms with Gasteiger partial charge in [0.1, 0.15) is 12.0 Å². The molecule has 6 heteroatoms. The molecule has 0 radical (unpaired) electrons. The summed E-state index contributed by atoms with van der Waals surface area (Å²) in [4.78, 5) is 18.2. The number of anilines is 1. The molecule has 1 amide bonds. The van der Waals surface area contributed by atoms with E-state index in [2.05, 4.69) is 10.3 Å². The van der Waals surface area contributed by atoms with Gasteiger partial charge in [-0.3, -0.25) is 9.78 Å². The largest absolute Gasteiger partial charge is 0.497 e. The first-order valence-corrected chi connectivity index (χ1v) is 7.48. The molecule has 0 saturated carbocycles. The van der Waals surface area contributed by atoms with Crippen molar-refractivity contribution in [2.24, 2.45) is 0 Å². The highest BCUT2D eigenvalue weighted by Crippen LogP contribution is 2.18. The second kappa shape index (κ2) is 7.11. The van der Waals surface area contributed by atoms with Gasteiger partial charge in [0.15, 0.2) is 0 Å². The third kappa shape index (κ3) is 3.78. The smallest absolute Gasteiger partial charge is 0.255 e. The van der Waals surface area contributed by atoms with Crippen LogP contribution in [0.3, 0.4) is 0 Å². The van der Waals surface area contributed by atoms with Crippen LogP contribution in [0.4, 0.5) is 5.69 Å². The number of aromatic nitrogens is 1. The number of pyridine rings is 1. The second-order valence-corrected chi connectivity index (χ2v) is 5.23. The van der Waals surface area contributed by atoms with E-state index in [9.17, 15) is 4.79 Å². The standard InChI is InChI=1S/C17H19N3O3/c1-22-15-6-4-14(5-7-15)19-16-12-20(9-10-23-16)17(21)13-3-2-8-18-11-13/h2-8,11,16,19H,9-10,12H2,1H3. The number of hydrogen-bond donors (Lipinski definition) is 1. The number of carbonyl (C=O) groups is 1. The van der Waals surface area contributed by atoms with Gasteiger partial charge in [0.05, 0.1) is 25.8 Å². The van der Waals surface area contributed by atoms with Gasteiger partial charge in [-0.1, -0.05) is 0 Å². The van der Waals surface area contributed by atoms with Crippen molar-refractivity contribution in [2.75, 3.05) is 32.1 Å². The molecule has 6 nitrogen and oxygen atoms in total. The van der Waals surface area contributed by atoms with Crippen LogP contribution >= 0.6 is 0 Å². The summed E-state index contributed by atoms with van der Waals surface area (Å²) in [7, 11) is 1.63.